The Bertz CT molecular complexity index is 1830. The van der Waals surface area contributed by atoms with Crippen molar-refractivity contribution in [2.45, 2.75) is 30.6 Å². The molecular formula is C28H25Cl2N3O5S2. The number of nitrogens with one attached hydrogen (secondary N) is 3. The maximum Gasteiger partial charge on any atom is 0.262 e. The van der Waals surface area contributed by atoms with Crippen molar-refractivity contribution in [1.29, 1.82) is 0 Å². The van der Waals surface area contributed by atoms with Gasteiger partial charge in [0.2, 0.25) is 0 Å². The number of aryl methyl sites for hydroxylation is 3. The fourth-order valence-corrected chi connectivity index (χ4v) is 6.76. The molecule has 4 aromatic rings. The van der Waals surface area contributed by atoms with Gasteiger partial charge in [-0.05, 0) is 98.1 Å². The standard InChI is InChI=1S/C28H25Cl2N3O5S2/c1-17-4-5-18(2)26(14-17)33-40(37,38)27-15-20(7-6-19(27)3)28(34)31-22-9-11-23(12-10-22)39(35,36)32-25-13-8-21(29)16-24(25)30/h4-16,32-33H,1-3H3,(H,31,34). The average Bonchev–Trinajstić information content (AvgIpc) is 2.88. The Balaban J connectivity index is 1.51. The molecule has 0 saturated heterocycles. The van der Waals surface area contributed by atoms with Crippen molar-refractivity contribution in [3.8, 4) is 0 Å². The van der Waals surface area contributed by atoms with E-state index in [4.69, 9.17) is 23.2 Å². The highest BCUT2D eigenvalue weighted by molar-refractivity contribution is 7.93. The molecule has 0 fully saturated rings. The Morgan fingerprint density at radius 1 is 0.675 bits per heavy atom. The van der Waals surface area contributed by atoms with E-state index in [1.807, 2.05) is 19.1 Å². The molecule has 1 amide bonds. The zero-order chi connectivity index (χ0) is 29.2. The van der Waals surface area contributed by atoms with Gasteiger partial charge in [0.1, 0.15) is 0 Å². The second-order valence-corrected chi connectivity index (χ2v) is 13.3. The first-order valence-electron chi connectivity index (χ1n) is 11.9. The largest absolute Gasteiger partial charge is 0.322 e. The molecule has 12 heteroatoms. The third-order valence-electron chi connectivity index (χ3n) is 5.98. The lowest BCUT2D eigenvalue weighted by Crippen LogP contribution is -2.18. The van der Waals surface area contributed by atoms with Crippen LogP contribution in [0.2, 0.25) is 10.0 Å². The molecule has 0 atom stereocenters. The first-order chi connectivity index (χ1) is 18.7. The molecule has 0 bridgehead atoms. The van der Waals surface area contributed by atoms with Crippen molar-refractivity contribution in [2.24, 2.45) is 0 Å². The van der Waals surface area contributed by atoms with Gasteiger partial charge in [-0.15, -0.1) is 0 Å². The monoisotopic (exact) mass is 617 g/mol. The number of benzene rings is 4. The van der Waals surface area contributed by atoms with E-state index in [1.54, 1.807) is 26.0 Å². The van der Waals surface area contributed by atoms with Crippen LogP contribution in [-0.2, 0) is 20.0 Å². The molecule has 0 saturated carbocycles. The predicted molar refractivity (Wildman–Crippen MR) is 160 cm³/mol. The minimum absolute atomic E-state index is 0.0329. The van der Waals surface area contributed by atoms with E-state index < -0.39 is 26.0 Å². The van der Waals surface area contributed by atoms with Gasteiger partial charge in [-0.25, -0.2) is 16.8 Å². The maximum atomic E-state index is 13.2. The number of carbonyl (C=O) groups excluding carboxylic acids is 1. The van der Waals surface area contributed by atoms with Crippen LogP contribution in [0.25, 0.3) is 0 Å². The quantitative estimate of drug-likeness (QED) is 0.201. The normalized spacial score (nSPS) is 11.6. The van der Waals surface area contributed by atoms with Crippen LogP contribution < -0.4 is 14.8 Å². The highest BCUT2D eigenvalue weighted by Crippen LogP contribution is 2.28. The van der Waals surface area contributed by atoms with Crippen molar-refractivity contribution < 1.29 is 21.6 Å². The number of carbonyl (C=O) groups is 1. The van der Waals surface area contributed by atoms with E-state index in [0.29, 0.717) is 22.0 Å². The van der Waals surface area contributed by atoms with Crippen LogP contribution >= 0.6 is 23.2 Å². The number of sulfonamides is 2. The number of hydrogen-bond donors (Lipinski definition) is 3. The van der Waals surface area contributed by atoms with Crippen LogP contribution in [0.15, 0.2) is 88.7 Å². The van der Waals surface area contributed by atoms with Gasteiger partial charge in [0, 0.05) is 16.3 Å². The Labute approximate surface area is 243 Å². The highest BCUT2D eigenvalue weighted by Gasteiger charge is 2.21. The lowest BCUT2D eigenvalue weighted by Gasteiger charge is -2.14. The molecule has 3 N–H and O–H groups in total. The van der Waals surface area contributed by atoms with E-state index >= 15 is 0 Å². The summed E-state index contributed by atoms with van der Waals surface area (Å²) in [5.74, 6) is -0.565. The van der Waals surface area contributed by atoms with Crippen LogP contribution in [-0.4, -0.2) is 22.7 Å². The third-order valence-corrected chi connectivity index (χ3v) is 9.41. The number of rotatable bonds is 8. The van der Waals surface area contributed by atoms with Gasteiger partial charge in [0.25, 0.3) is 26.0 Å². The summed E-state index contributed by atoms with van der Waals surface area (Å²) in [6, 6.07) is 19.7. The van der Waals surface area contributed by atoms with Gasteiger partial charge in [-0.2, -0.15) is 0 Å². The zero-order valence-electron chi connectivity index (χ0n) is 21.6. The minimum atomic E-state index is -3.99. The summed E-state index contributed by atoms with van der Waals surface area (Å²) in [6.45, 7) is 5.30. The van der Waals surface area contributed by atoms with E-state index in [0.717, 1.165) is 11.1 Å². The molecule has 0 heterocycles. The smallest absolute Gasteiger partial charge is 0.262 e. The molecule has 40 heavy (non-hydrogen) atoms. The SMILES string of the molecule is Cc1ccc(C)c(NS(=O)(=O)c2cc(C(=O)Nc3ccc(S(=O)(=O)Nc4ccc(Cl)cc4Cl)cc3)ccc2C)c1. The fourth-order valence-electron chi connectivity index (χ4n) is 3.77. The van der Waals surface area contributed by atoms with Gasteiger partial charge in [-0.1, -0.05) is 41.4 Å². The van der Waals surface area contributed by atoms with Crippen molar-refractivity contribution in [3.05, 3.63) is 111 Å². The van der Waals surface area contributed by atoms with Crippen LogP contribution in [0.1, 0.15) is 27.0 Å². The van der Waals surface area contributed by atoms with Gasteiger partial charge in [0.15, 0.2) is 0 Å². The summed E-state index contributed by atoms with van der Waals surface area (Å²) in [4.78, 5) is 12.9. The first-order valence-corrected chi connectivity index (χ1v) is 15.6. The third kappa shape index (κ3) is 6.76. The van der Waals surface area contributed by atoms with Crippen molar-refractivity contribution in [2.75, 3.05) is 14.8 Å². The zero-order valence-corrected chi connectivity index (χ0v) is 24.8. The van der Waals surface area contributed by atoms with Crippen molar-refractivity contribution >= 4 is 66.2 Å². The molecule has 8 nitrogen and oxygen atoms in total. The summed E-state index contributed by atoms with van der Waals surface area (Å²) in [5, 5.41) is 3.17. The summed E-state index contributed by atoms with van der Waals surface area (Å²) in [6.07, 6.45) is 0. The van der Waals surface area contributed by atoms with Gasteiger partial charge >= 0.3 is 0 Å². The van der Waals surface area contributed by atoms with E-state index in [-0.39, 0.29) is 26.1 Å². The number of halogens is 2. The Hall–Kier alpha value is -3.57. The van der Waals surface area contributed by atoms with Crippen LogP contribution in [0.5, 0.6) is 0 Å². The van der Waals surface area contributed by atoms with Gasteiger partial charge < -0.3 is 5.32 Å². The number of hydrogen-bond acceptors (Lipinski definition) is 5. The predicted octanol–water partition coefficient (Wildman–Crippen LogP) is 6.77. The summed E-state index contributed by atoms with van der Waals surface area (Å²) >= 11 is 11.9. The molecule has 0 aromatic heterocycles. The molecule has 0 radical (unpaired) electrons. The molecule has 4 rings (SSSR count). The topological polar surface area (TPSA) is 121 Å². The first kappa shape index (κ1) is 29.4. The molecule has 208 valence electrons. The maximum absolute atomic E-state index is 13.2. The molecule has 0 aliphatic carbocycles. The number of amides is 1. The average molecular weight is 619 g/mol. The Morgan fingerprint density at radius 2 is 1.32 bits per heavy atom. The molecule has 0 aliphatic rings. The van der Waals surface area contributed by atoms with Gasteiger partial charge in [0.05, 0.1) is 26.2 Å². The van der Waals surface area contributed by atoms with Gasteiger partial charge in [-0.3, -0.25) is 14.2 Å². The van der Waals surface area contributed by atoms with Crippen molar-refractivity contribution in [1.82, 2.24) is 0 Å². The minimum Gasteiger partial charge on any atom is -0.322 e. The summed E-state index contributed by atoms with van der Waals surface area (Å²) in [5.41, 5.74) is 3.18. The summed E-state index contributed by atoms with van der Waals surface area (Å²) in [7, 11) is -7.95. The molecule has 0 aliphatic heterocycles. The lowest BCUT2D eigenvalue weighted by molar-refractivity contribution is 0.102. The molecule has 0 spiro atoms. The fraction of sp³-hybridized carbons (Fsp3) is 0.107. The second-order valence-electron chi connectivity index (χ2n) is 9.11. The number of anilines is 3. The molecular weight excluding hydrogens is 593 g/mol. The van der Waals surface area contributed by atoms with Crippen molar-refractivity contribution in [3.63, 3.8) is 0 Å². The highest BCUT2D eigenvalue weighted by atomic mass is 35.5. The van der Waals surface area contributed by atoms with E-state index in [9.17, 15) is 21.6 Å². The summed E-state index contributed by atoms with van der Waals surface area (Å²) < 4.78 is 57.0. The Morgan fingerprint density at radius 3 is 2.00 bits per heavy atom. The van der Waals surface area contributed by atoms with E-state index in [2.05, 4.69) is 14.8 Å². The van der Waals surface area contributed by atoms with Crippen LogP contribution in [0.4, 0.5) is 17.1 Å². The van der Waals surface area contributed by atoms with Crippen LogP contribution in [0, 0.1) is 20.8 Å². The Kier molecular flexibility index (Phi) is 8.46. The van der Waals surface area contributed by atoms with E-state index in [1.165, 1.54) is 54.6 Å². The second kappa shape index (κ2) is 11.5. The molecule has 0 unspecified atom stereocenters. The molecule has 4 aromatic carbocycles. The van der Waals surface area contributed by atoms with Crippen LogP contribution in [0.3, 0.4) is 0 Å². The lowest BCUT2D eigenvalue weighted by atomic mass is 10.1.